The molecule has 1 aromatic carbocycles. The zero-order chi connectivity index (χ0) is 12.6. The van der Waals surface area contributed by atoms with Crippen LogP contribution in [0.5, 0.6) is 5.75 Å². The lowest BCUT2D eigenvalue weighted by Crippen LogP contribution is -2.17. The van der Waals surface area contributed by atoms with E-state index in [-0.39, 0.29) is 17.1 Å². The SMILES string of the molecule is Cc1cc2cccc(OC(F)(F)F)c2nc1N. The molecular formula is C11H9F3N2O. The Balaban J connectivity index is 2.61. The molecule has 90 valence electrons. The quantitative estimate of drug-likeness (QED) is 0.836. The Hall–Kier alpha value is -1.98. The van der Waals surface area contributed by atoms with E-state index in [4.69, 9.17) is 5.73 Å². The number of benzene rings is 1. The maximum atomic E-state index is 12.2. The zero-order valence-corrected chi connectivity index (χ0v) is 8.88. The number of halogens is 3. The molecule has 0 amide bonds. The summed E-state index contributed by atoms with van der Waals surface area (Å²) in [6, 6.07) is 6.00. The van der Waals surface area contributed by atoms with Crippen LogP contribution in [0, 0.1) is 6.92 Å². The summed E-state index contributed by atoms with van der Waals surface area (Å²) in [4.78, 5) is 3.91. The predicted octanol–water partition coefficient (Wildman–Crippen LogP) is 3.02. The molecule has 17 heavy (non-hydrogen) atoms. The first kappa shape index (κ1) is 11.5. The van der Waals surface area contributed by atoms with Crippen molar-refractivity contribution in [3.63, 3.8) is 0 Å². The molecule has 0 saturated heterocycles. The minimum absolute atomic E-state index is 0.105. The summed E-state index contributed by atoms with van der Waals surface area (Å²) in [5, 5.41) is 0.554. The molecule has 0 bridgehead atoms. The first-order valence-corrected chi connectivity index (χ1v) is 4.78. The Labute approximate surface area is 95.0 Å². The number of alkyl halides is 3. The smallest absolute Gasteiger partial charge is 0.403 e. The molecular weight excluding hydrogens is 233 g/mol. The standard InChI is InChI=1S/C11H9F3N2O/c1-6-5-7-3-2-4-8(17-11(12,13)14)9(7)16-10(6)15/h2-5H,1H3,(H2,15,16). The molecule has 3 nitrogen and oxygen atoms in total. The van der Waals surface area contributed by atoms with E-state index in [9.17, 15) is 13.2 Å². The molecule has 0 atom stereocenters. The van der Waals surface area contributed by atoms with Crippen LogP contribution in [0.15, 0.2) is 24.3 Å². The Kier molecular flexibility index (Phi) is 2.57. The van der Waals surface area contributed by atoms with Gasteiger partial charge in [0.15, 0.2) is 5.75 Å². The van der Waals surface area contributed by atoms with E-state index in [0.29, 0.717) is 10.9 Å². The molecule has 0 aliphatic rings. The number of para-hydroxylation sites is 1. The number of hydrogen-bond donors (Lipinski definition) is 1. The highest BCUT2D eigenvalue weighted by Gasteiger charge is 2.32. The first-order chi connectivity index (χ1) is 7.87. The summed E-state index contributed by atoms with van der Waals surface area (Å²) in [5.74, 6) is -0.155. The van der Waals surface area contributed by atoms with Gasteiger partial charge in [0.1, 0.15) is 11.3 Å². The van der Waals surface area contributed by atoms with Crippen LogP contribution in [0.3, 0.4) is 0 Å². The predicted molar refractivity (Wildman–Crippen MR) is 57.6 cm³/mol. The summed E-state index contributed by atoms with van der Waals surface area (Å²) in [7, 11) is 0. The molecule has 0 unspecified atom stereocenters. The van der Waals surface area contributed by atoms with Crippen molar-refractivity contribution in [3.05, 3.63) is 29.8 Å². The second kappa shape index (κ2) is 3.80. The summed E-state index contributed by atoms with van der Waals surface area (Å²) in [6.07, 6.45) is -4.74. The molecule has 1 heterocycles. The Morgan fingerprint density at radius 1 is 1.29 bits per heavy atom. The summed E-state index contributed by atoms with van der Waals surface area (Å²) >= 11 is 0. The molecule has 0 fully saturated rings. The van der Waals surface area contributed by atoms with E-state index in [1.165, 1.54) is 12.1 Å². The summed E-state index contributed by atoms with van der Waals surface area (Å²) < 4.78 is 40.4. The van der Waals surface area contributed by atoms with Crippen LogP contribution in [0.25, 0.3) is 10.9 Å². The van der Waals surface area contributed by atoms with Gasteiger partial charge in [-0.2, -0.15) is 0 Å². The fourth-order valence-corrected chi connectivity index (χ4v) is 1.50. The van der Waals surface area contributed by atoms with Crippen LogP contribution in [0.1, 0.15) is 5.56 Å². The molecule has 2 aromatic rings. The number of rotatable bonds is 1. The second-order valence-corrected chi connectivity index (χ2v) is 3.57. The highest BCUT2D eigenvalue weighted by atomic mass is 19.4. The topological polar surface area (TPSA) is 48.1 Å². The molecule has 6 heteroatoms. The molecule has 2 rings (SSSR count). The minimum Gasteiger partial charge on any atom is -0.403 e. The Morgan fingerprint density at radius 2 is 2.00 bits per heavy atom. The van der Waals surface area contributed by atoms with Crippen LogP contribution in [-0.4, -0.2) is 11.3 Å². The number of aromatic nitrogens is 1. The van der Waals surface area contributed by atoms with Gasteiger partial charge in [0.05, 0.1) is 0 Å². The third-order valence-electron chi connectivity index (χ3n) is 2.26. The van der Waals surface area contributed by atoms with E-state index >= 15 is 0 Å². The summed E-state index contributed by atoms with van der Waals surface area (Å²) in [5.41, 5.74) is 6.39. The minimum atomic E-state index is -4.74. The third-order valence-corrected chi connectivity index (χ3v) is 2.26. The van der Waals surface area contributed by atoms with Crippen LogP contribution in [0.2, 0.25) is 0 Å². The van der Waals surface area contributed by atoms with E-state index in [1.807, 2.05) is 0 Å². The van der Waals surface area contributed by atoms with Crippen LogP contribution in [0.4, 0.5) is 19.0 Å². The van der Waals surface area contributed by atoms with Crippen LogP contribution >= 0.6 is 0 Å². The van der Waals surface area contributed by atoms with Crippen molar-refractivity contribution in [3.8, 4) is 5.75 Å². The van der Waals surface area contributed by atoms with Crippen LogP contribution in [-0.2, 0) is 0 Å². The van der Waals surface area contributed by atoms with E-state index < -0.39 is 6.36 Å². The number of pyridine rings is 1. The Bertz CT molecular complexity index is 566. The van der Waals surface area contributed by atoms with Gasteiger partial charge in [0, 0.05) is 5.39 Å². The number of nitrogens with zero attached hydrogens (tertiary/aromatic N) is 1. The molecule has 2 N–H and O–H groups in total. The van der Waals surface area contributed by atoms with E-state index in [0.717, 1.165) is 0 Å². The van der Waals surface area contributed by atoms with E-state index in [1.54, 1.807) is 19.1 Å². The maximum Gasteiger partial charge on any atom is 0.573 e. The first-order valence-electron chi connectivity index (χ1n) is 4.78. The van der Waals surface area contributed by atoms with Gasteiger partial charge in [-0.15, -0.1) is 13.2 Å². The number of hydrogen-bond acceptors (Lipinski definition) is 3. The van der Waals surface area contributed by atoms with Crippen molar-refractivity contribution in [2.75, 3.05) is 5.73 Å². The van der Waals surface area contributed by atoms with E-state index in [2.05, 4.69) is 9.72 Å². The Morgan fingerprint density at radius 3 is 2.65 bits per heavy atom. The number of nitrogen functional groups attached to an aromatic ring is 1. The van der Waals surface area contributed by atoms with Gasteiger partial charge in [-0.3, -0.25) is 0 Å². The van der Waals surface area contributed by atoms with Crippen molar-refractivity contribution in [2.45, 2.75) is 13.3 Å². The van der Waals surface area contributed by atoms with Crippen molar-refractivity contribution in [2.24, 2.45) is 0 Å². The lowest BCUT2D eigenvalue weighted by molar-refractivity contribution is -0.274. The van der Waals surface area contributed by atoms with Gasteiger partial charge in [-0.05, 0) is 24.6 Å². The maximum absolute atomic E-state index is 12.2. The number of fused-ring (bicyclic) bond motifs is 1. The fraction of sp³-hybridized carbons (Fsp3) is 0.182. The molecule has 1 aromatic heterocycles. The van der Waals surface area contributed by atoms with Gasteiger partial charge >= 0.3 is 6.36 Å². The van der Waals surface area contributed by atoms with Crippen molar-refractivity contribution >= 4 is 16.7 Å². The van der Waals surface area contributed by atoms with Crippen molar-refractivity contribution in [1.82, 2.24) is 4.98 Å². The number of aryl methyl sites for hydroxylation is 1. The number of nitrogens with two attached hydrogens (primary N) is 1. The fourth-order valence-electron chi connectivity index (χ4n) is 1.50. The molecule has 0 radical (unpaired) electrons. The molecule has 0 aliphatic heterocycles. The third kappa shape index (κ3) is 2.41. The monoisotopic (exact) mass is 242 g/mol. The largest absolute Gasteiger partial charge is 0.573 e. The van der Waals surface area contributed by atoms with Gasteiger partial charge in [0.2, 0.25) is 0 Å². The van der Waals surface area contributed by atoms with Gasteiger partial charge in [-0.1, -0.05) is 12.1 Å². The lowest BCUT2D eigenvalue weighted by atomic mass is 10.1. The number of anilines is 1. The molecule has 0 aliphatic carbocycles. The van der Waals surface area contributed by atoms with Crippen molar-refractivity contribution in [1.29, 1.82) is 0 Å². The zero-order valence-electron chi connectivity index (χ0n) is 8.88. The average Bonchev–Trinajstić information content (AvgIpc) is 2.19. The average molecular weight is 242 g/mol. The normalized spacial score (nSPS) is 11.8. The van der Waals surface area contributed by atoms with Gasteiger partial charge in [-0.25, -0.2) is 4.98 Å². The summed E-state index contributed by atoms with van der Waals surface area (Å²) in [6.45, 7) is 1.74. The second-order valence-electron chi connectivity index (χ2n) is 3.57. The molecule has 0 spiro atoms. The lowest BCUT2D eigenvalue weighted by Gasteiger charge is -2.11. The highest BCUT2D eigenvalue weighted by Crippen LogP contribution is 2.30. The van der Waals surface area contributed by atoms with Crippen molar-refractivity contribution < 1.29 is 17.9 Å². The highest BCUT2D eigenvalue weighted by molar-refractivity contribution is 5.86. The van der Waals surface area contributed by atoms with Gasteiger partial charge < -0.3 is 10.5 Å². The van der Waals surface area contributed by atoms with Gasteiger partial charge in [0.25, 0.3) is 0 Å². The molecule has 0 saturated carbocycles. The number of ether oxygens (including phenoxy) is 1. The van der Waals surface area contributed by atoms with Crippen LogP contribution < -0.4 is 10.5 Å².